The van der Waals surface area contributed by atoms with Crippen LogP contribution in [0.3, 0.4) is 0 Å². The van der Waals surface area contributed by atoms with Crippen LogP contribution in [0.15, 0.2) is 36.9 Å². The summed E-state index contributed by atoms with van der Waals surface area (Å²) in [6.45, 7) is 2.13. The van der Waals surface area contributed by atoms with Gasteiger partial charge in [0.05, 0.1) is 24.7 Å². The zero-order valence-corrected chi connectivity index (χ0v) is 12.0. The van der Waals surface area contributed by atoms with Crippen LogP contribution in [-0.4, -0.2) is 19.7 Å². The number of nitriles is 1. The molecular weight excluding hydrogens is 262 g/mol. The monoisotopic (exact) mass is 279 g/mol. The molecule has 5 nitrogen and oxygen atoms in total. The first-order chi connectivity index (χ1) is 10.3. The van der Waals surface area contributed by atoms with E-state index in [0.717, 1.165) is 35.0 Å². The largest absolute Gasteiger partial charge is 0.346 e. The topological polar surface area (TPSA) is 70.3 Å². The first-order valence-electron chi connectivity index (χ1n) is 7.17. The molecule has 106 valence electrons. The third-order valence-corrected chi connectivity index (χ3v) is 3.70. The molecule has 21 heavy (non-hydrogen) atoms. The molecule has 0 spiro atoms. The number of nitrogens with one attached hydrogen (secondary N) is 1. The Labute approximate surface area is 123 Å². The molecule has 0 saturated carbocycles. The van der Waals surface area contributed by atoms with Crippen LogP contribution < -0.4 is 0 Å². The van der Waals surface area contributed by atoms with E-state index >= 15 is 0 Å². The Balaban J connectivity index is 1.98. The lowest BCUT2D eigenvalue weighted by Gasteiger charge is -2.12. The average Bonchev–Trinajstić information content (AvgIpc) is 3.15. The number of rotatable bonds is 5. The number of nitrogens with zero attached hydrogens (tertiary/aromatic N) is 4. The van der Waals surface area contributed by atoms with Gasteiger partial charge in [0.25, 0.3) is 0 Å². The van der Waals surface area contributed by atoms with E-state index in [0.29, 0.717) is 6.42 Å². The van der Waals surface area contributed by atoms with Crippen molar-refractivity contribution in [3.8, 4) is 17.2 Å². The second-order valence-corrected chi connectivity index (χ2v) is 5.11. The highest BCUT2D eigenvalue weighted by Crippen LogP contribution is 2.28. The molecule has 5 heteroatoms. The summed E-state index contributed by atoms with van der Waals surface area (Å²) in [4.78, 5) is 7.42. The van der Waals surface area contributed by atoms with Gasteiger partial charge in [0.2, 0.25) is 0 Å². The van der Waals surface area contributed by atoms with Crippen molar-refractivity contribution in [1.82, 2.24) is 19.7 Å². The molecule has 3 rings (SSSR count). The summed E-state index contributed by atoms with van der Waals surface area (Å²) in [7, 11) is 0. The van der Waals surface area contributed by atoms with Crippen LogP contribution in [0.1, 0.15) is 32.2 Å². The summed E-state index contributed by atoms with van der Waals surface area (Å²) in [5.41, 5.74) is 3.04. The van der Waals surface area contributed by atoms with Crippen LogP contribution in [-0.2, 0) is 0 Å². The highest BCUT2D eigenvalue weighted by molar-refractivity contribution is 5.92. The van der Waals surface area contributed by atoms with Gasteiger partial charge < -0.3 is 4.98 Å². The van der Waals surface area contributed by atoms with Crippen LogP contribution in [0.5, 0.6) is 0 Å². The van der Waals surface area contributed by atoms with Gasteiger partial charge in [-0.3, -0.25) is 4.68 Å². The van der Waals surface area contributed by atoms with E-state index in [9.17, 15) is 0 Å². The molecule has 0 radical (unpaired) electrons. The highest BCUT2D eigenvalue weighted by Gasteiger charge is 2.13. The molecule has 0 saturated heterocycles. The maximum absolute atomic E-state index is 8.96. The summed E-state index contributed by atoms with van der Waals surface area (Å²) in [5, 5.41) is 14.5. The quantitative estimate of drug-likeness (QED) is 0.774. The smallest absolute Gasteiger partial charge is 0.137 e. The van der Waals surface area contributed by atoms with Crippen LogP contribution >= 0.6 is 0 Å². The molecule has 1 N–H and O–H groups in total. The molecule has 0 fully saturated rings. The van der Waals surface area contributed by atoms with Gasteiger partial charge in [-0.2, -0.15) is 10.4 Å². The van der Waals surface area contributed by atoms with Crippen molar-refractivity contribution in [3.05, 3.63) is 36.9 Å². The van der Waals surface area contributed by atoms with E-state index in [4.69, 9.17) is 5.26 Å². The van der Waals surface area contributed by atoms with Crippen molar-refractivity contribution in [2.24, 2.45) is 0 Å². The molecule has 3 aromatic rings. The summed E-state index contributed by atoms with van der Waals surface area (Å²) >= 11 is 0. The molecule has 0 unspecified atom stereocenters. The number of pyridine rings is 1. The zero-order chi connectivity index (χ0) is 14.7. The highest BCUT2D eigenvalue weighted by atomic mass is 15.3. The lowest BCUT2D eigenvalue weighted by atomic mass is 10.1. The SMILES string of the molecule is CCC[C@H](CC#N)n1cc(-c2ccnc3[nH]ccc23)cn1. The minimum atomic E-state index is 0.150. The van der Waals surface area contributed by atoms with E-state index in [1.165, 1.54) is 0 Å². The summed E-state index contributed by atoms with van der Waals surface area (Å²) in [6.07, 6.45) is 10.1. The van der Waals surface area contributed by atoms with E-state index < -0.39 is 0 Å². The van der Waals surface area contributed by atoms with E-state index in [1.807, 2.05) is 35.4 Å². The van der Waals surface area contributed by atoms with E-state index in [1.54, 1.807) is 6.20 Å². The maximum atomic E-state index is 8.96. The molecule has 0 aliphatic carbocycles. The Hall–Kier alpha value is -2.61. The molecule has 1 atom stereocenters. The predicted molar refractivity (Wildman–Crippen MR) is 81.5 cm³/mol. The van der Waals surface area contributed by atoms with Gasteiger partial charge in [-0.15, -0.1) is 0 Å². The van der Waals surface area contributed by atoms with Crippen molar-refractivity contribution in [2.75, 3.05) is 0 Å². The van der Waals surface area contributed by atoms with Gasteiger partial charge in [0.15, 0.2) is 0 Å². The van der Waals surface area contributed by atoms with E-state index in [-0.39, 0.29) is 6.04 Å². The lowest BCUT2D eigenvalue weighted by molar-refractivity contribution is 0.428. The number of hydrogen-bond acceptors (Lipinski definition) is 3. The molecular formula is C16H17N5. The number of aromatic nitrogens is 4. The molecule has 0 aromatic carbocycles. The van der Waals surface area contributed by atoms with Crippen molar-refractivity contribution < 1.29 is 0 Å². The summed E-state index contributed by atoms with van der Waals surface area (Å²) < 4.78 is 1.92. The van der Waals surface area contributed by atoms with Crippen molar-refractivity contribution in [1.29, 1.82) is 5.26 Å². The average molecular weight is 279 g/mol. The number of aromatic amines is 1. The normalized spacial score (nSPS) is 12.4. The Morgan fingerprint density at radius 3 is 3.14 bits per heavy atom. The van der Waals surface area contributed by atoms with Crippen LogP contribution in [0.25, 0.3) is 22.2 Å². The van der Waals surface area contributed by atoms with Crippen LogP contribution in [0.2, 0.25) is 0 Å². The predicted octanol–water partition coefficient (Wildman–Crippen LogP) is 3.68. The first-order valence-corrected chi connectivity index (χ1v) is 7.17. The zero-order valence-electron chi connectivity index (χ0n) is 12.0. The molecule has 0 aliphatic rings. The fourth-order valence-electron chi connectivity index (χ4n) is 2.66. The fraction of sp³-hybridized carbons (Fsp3) is 0.312. The fourth-order valence-corrected chi connectivity index (χ4v) is 2.66. The third kappa shape index (κ3) is 2.52. The lowest BCUT2D eigenvalue weighted by Crippen LogP contribution is -2.08. The summed E-state index contributed by atoms with van der Waals surface area (Å²) in [6, 6.07) is 6.42. The molecule has 0 amide bonds. The molecule has 0 bridgehead atoms. The van der Waals surface area contributed by atoms with E-state index in [2.05, 4.69) is 28.1 Å². The van der Waals surface area contributed by atoms with Crippen molar-refractivity contribution in [3.63, 3.8) is 0 Å². The minimum Gasteiger partial charge on any atom is -0.346 e. The second-order valence-electron chi connectivity index (χ2n) is 5.11. The maximum Gasteiger partial charge on any atom is 0.137 e. The van der Waals surface area contributed by atoms with Crippen LogP contribution in [0.4, 0.5) is 0 Å². The Morgan fingerprint density at radius 2 is 2.33 bits per heavy atom. The number of H-pyrrole nitrogens is 1. The minimum absolute atomic E-state index is 0.150. The molecule has 0 aliphatic heterocycles. The van der Waals surface area contributed by atoms with Gasteiger partial charge in [-0.05, 0) is 24.1 Å². The molecule has 3 heterocycles. The third-order valence-electron chi connectivity index (χ3n) is 3.70. The van der Waals surface area contributed by atoms with Crippen molar-refractivity contribution >= 4 is 11.0 Å². The van der Waals surface area contributed by atoms with Gasteiger partial charge in [-0.1, -0.05) is 13.3 Å². The van der Waals surface area contributed by atoms with Crippen molar-refractivity contribution in [2.45, 2.75) is 32.2 Å². The first kappa shape index (κ1) is 13.4. The number of hydrogen-bond donors (Lipinski definition) is 1. The van der Waals surface area contributed by atoms with Gasteiger partial charge >= 0.3 is 0 Å². The number of fused-ring (bicyclic) bond motifs is 1. The Kier molecular flexibility index (Phi) is 3.69. The Bertz CT molecular complexity index is 777. The van der Waals surface area contributed by atoms with Gasteiger partial charge in [0, 0.05) is 29.5 Å². The Morgan fingerprint density at radius 1 is 1.43 bits per heavy atom. The standard InChI is InChI=1S/C16H17N5/c1-2-3-13(4-7-17)21-11-12(10-20-21)14-5-8-18-16-15(14)6-9-19-16/h5-6,8-11,13H,2-4H2,1H3,(H,18,19)/t13-/m1/s1. The summed E-state index contributed by atoms with van der Waals surface area (Å²) in [5.74, 6) is 0. The van der Waals surface area contributed by atoms with Crippen LogP contribution in [0, 0.1) is 11.3 Å². The van der Waals surface area contributed by atoms with Gasteiger partial charge in [0.1, 0.15) is 5.65 Å². The molecule has 3 aromatic heterocycles. The second kappa shape index (κ2) is 5.80. The van der Waals surface area contributed by atoms with Gasteiger partial charge in [-0.25, -0.2) is 4.98 Å².